The summed E-state index contributed by atoms with van der Waals surface area (Å²) in [4.78, 5) is 19.9. The van der Waals surface area contributed by atoms with Crippen LogP contribution in [-0.4, -0.2) is 28.1 Å². The number of carbonyl (C=O) groups excluding carboxylic acids is 1. The minimum atomic E-state index is -0.351. The van der Waals surface area contributed by atoms with E-state index in [2.05, 4.69) is 87.2 Å². The SMILES string of the molecule is CC[C@@H](C)C(c1ccc(NC(=O)c2ncc(C#N)[nH]2)c(C2=CCC(C)(C)CC2)c1)[C@@H](C)[C@@]1(C)C=CCO1. The minimum absolute atomic E-state index is 0.134. The zero-order chi connectivity index (χ0) is 26.8. The Labute approximate surface area is 221 Å². The molecule has 37 heavy (non-hydrogen) atoms. The molecule has 196 valence electrons. The Morgan fingerprint density at radius 1 is 1.30 bits per heavy atom. The lowest BCUT2D eigenvalue weighted by Gasteiger charge is -2.39. The fourth-order valence-electron chi connectivity index (χ4n) is 5.70. The fourth-order valence-corrected chi connectivity index (χ4v) is 5.70. The monoisotopic (exact) mass is 500 g/mol. The lowest BCUT2D eigenvalue weighted by molar-refractivity contribution is -0.0165. The van der Waals surface area contributed by atoms with Crippen molar-refractivity contribution in [2.24, 2.45) is 17.3 Å². The molecule has 2 aliphatic rings. The highest BCUT2D eigenvalue weighted by atomic mass is 16.5. The zero-order valence-corrected chi connectivity index (χ0v) is 23.0. The lowest BCUT2D eigenvalue weighted by atomic mass is 9.70. The lowest BCUT2D eigenvalue weighted by Crippen LogP contribution is -2.37. The van der Waals surface area contributed by atoms with Crippen molar-refractivity contribution in [3.8, 4) is 6.07 Å². The van der Waals surface area contributed by atoms with Gasteiger partial charge in [0, 0.05) is 11.3 Å². The number of benzene rings is 1. The molecular weight excluding hydrogens is 460 g/mol. The molecule has 4 atom stereocenters. The number of carbonyl (C=O) groups is 1. The molecule has 2 N–H and O–H groups in total. The third kappa shape index (κ3) is 5.72. The molecule has 6 heteroatoms. The first-order valence-corrected chi connectivity index (χ1v) is 13.5. The molecular formula is C31H40N4O2. The van der Waals surface area contributed by atoms with Crippen LogP contribution in [0.15, 0.2) is 42.6 Å². The molecule has 1 amide bonds. The number of imidazole rings is 1. The van der Waals surface area contributed by atoms with Crippen molar-refractivity contribution in [3.63, 3.8) is 0 Å². The second-order valence-corrected chi connectivity index (χ2v) is 11.7. The second-order valence-electron chi connectivity index (χ2n) is 11.7. The fraction of sp³-hybridized carbons (Fsp3) is 0.516. The molecule has 1 unspecified atom stereocenters. The third-order valence-corrected chi connectivity index (χ3v) is 8.55. The highest BCUT2D eigenvalue weighted by Gasteiger charge is 2.39. The van der Waals surface area contributed by atoms with Crippen LogP contribution < -0.4 is 5.32 Å². The molecule has 6 nitrogen and oxygen atoms in total. The first kappa shape index (κ1) is 26.9. The van der Waals surface area contributed by atoms with E-state index in [1.807, 2.05) is 12.1 Å². The molecule has 2 aromatic rings. The van der Waals surface area contributed by atoms with Crippen LogP contribution in [0.2, 0.25) is 0 Å². The summed E-state index contributed by atoms with van der Waals surface area (Å²) in [6, 6.07) is 8.47. The second kappa shape index (κ2) is 10.7. The summed E-state index contributed by atoms with van der Waals surface area (Å²) in [5, 5.41) is 12.2. The smallest absolute Gasteiger partial charge is 0.291 e. The Kier molecular flexibility index (Phi) is 7.75. The van der Waals surface area contributed by atoms with E-state index < -0.39 is 0 Å². The van der Waals surface area contributed by atoms with Gasteiger partial charge >= 0.3 is 0 Å². The van der Waals surface area contributed by atoms with Gasteiger partial charge in [0.1, 0.15) is 11.8 Å². The molecule has 0 bridgehead atoms. The van der Waals surface area contributed by atoms with E-state index in [9.17, 15) is 4.79 Å². The largest absolute Gasteiger partial charge is 0.367 e. The molecule has 1 aromatic carbocycles. The van der Waals surface area contributed by atoms with Crippen LogP contribution in [0.1, 0.15) is 101 Å². The first-order chi connectivity index (χ1) is 17.6. The Hall–Kier alpha value is -3.17. The minimum Gasteiger partial charge on any atom is -0.367 e. The number of aromatic nitrogens is 2. The Morgan fingerprint density at radius 2 is 2.08 bits per heavy atom. The van der Waals surface area contributed by atoms with Crippen LogP contribution in [0.4, 0.5) is 5.69 Å². The van der Waals surface area contributed by atoms with Crippen molar-refractivity contribution >= 4 is 17.2 Å². The normalized spacial score (nSPS) is 23.1. The van der Waals surface area contributed by atoms with E-state index in [-0.39, 0.29) is 34.4 Å². The van der Waals surface area contributed by atoms with Gasteiger partial charge in [0.15, 0.2) is 5.82 Å². The van der Waals surface area contributed by atoms with Gasteiger partial charge in [-0.1, -0.05) is 65.3 Å². The molecule has 0 fully saturated rings. The Morgan fingerprint density at radius 3 is 2.68 bits per heavy atom. The summed E-state index contributed by atoms with van der Waals surface area (Å²) in [6.07, 6.45) is 12.2. The molecule has 0 radical (unpaired) electrons. The first-order valence-electron chi connectivity index (χ1n) is 13.5. The standard InChI is InChI=1S/C31H40N4O2/c1-7-20(2)27(21(3)31(6)13-8-16-37-31)23-9-10-26(35-29(36)28-33-19-24(18-32)34-28)25(17-23)22-11-14-30(4,5)15-12-22/h8-11,13,17,19-21,27H,7,12,14-16H2,1-6H3,(H,33,34)(H,35,36)/t20-,21-,27?,31-/m1/s1. The number of nitriles is 1. The number of hydrogen-bond acceptors (Lipinski definition) is 4. The highest BCUT2D eigenvalue weighted by molar-refractivity contribution is 6.03. The number of H-pyrrole nitrogens is 1. The quantitative estimate of drug-likeness (QED) is 0.374. The summed E-state index contributed by atoms with van der Waals surface area (Å²) in [5.74, 6) is 0.821. The molecule has 0 saturated heterocycles. The van der Waals surface area contributed by atoms with Crippen molar-refractivity contribution in [3.05, 3.63) is 65.3 Å². The maximum atomic E-state index is 13.0. The molecule has 0 spiro atoms. The number of nitrogens with zero attached hydrogens (tertiary/aromatic N) is 2. The van der Waals surface area contributed by atoms with Crippen LogP contribution in [-0.2, 0) is 4.74 Å². The predicted molar refractivity (Wildman–Crippen MR) is 148 cm³/mol. The number of aromatic amines is 1. The third-order valence-electron chi connectivity index (χ3n) is 8.55. The Balaban J connectivity index is 1.74. The number of anilines is 1. The van der Waals surface area contributed by atoms with Crippen molar-refractivity contribution in [1.29, 1.82) is 5.26 Å². The molecule has 4 rings (SSSR count). The maximum absolute atomic E-state index is 13.0. The van der Waals surface area contributed by atoms with Gasteiger partial charge in [-0.15, -0.1) is 0 Å². The predicted octanol–water partition coefficient (Wildman–Crippen LogP) is 7.24. The summed E-state index contributed by atoms with van der Waals surface area (Å²) < 4.78 is 6.19. The average molecular weight is 501 g/mol. The number of rotatable bonds is 8. The van der Waals surface area contributed by atoms with Gasteiger partial charge in [0.25, 0.3) is 5.91 Å². The average Bonchev–Trinajstić information content (AvgIpc) is 3.55. The van der Waals surface area contributed by atoms with Crippen LogP contribution in [0, 0.1) is 28.6 Å². The van der Waals surface area contributed by atoms with E-state index in [4.69, 9.17) is 10.00 Å². The van der Waals surface area contributed by atoms with E-state index in [1.54, 1.807) is 0 Å². The molecule has 1 aliphatic heterocycles. The van der Waals surface area contributed by atoms with E-state index in [0.717, 1.165) is 36.9 Å². The number of amides is 1. The maximum Gasteiger partial charge on any atom is 0.291 e. The number of nitrogens with one attached hydrogen (secondary N) is 2. The van der Waals surface area contributed by atoms with Gasteiger partial charge in [-0.05, 0) is 72.6 Å². The van der Waals surface area contributed by atoms with E-state index >= 15 is 0 Å². The van der Waals surface area contributed by atoms with E-state index in [1.165, 1.54) is 17.3 Å². The summed E-state index contributed by atoms with van der Waals surface area (Å²) >= 11 is 0. The molecule has 1 aliphatic carbocycles. The van der Waals surface area contributed by atoms with Gasteiger partial charge < -0.3 is 15.0 Å². The van der Waals surface area contributed by atoms with Crippen molar-refractivity contribution in [2.45, 2.75) is 78.7 Å². The zero-order valence-electron chi connectivity index (χ0n) is 23.0. The number of allylic oxidation sites excluding steroid dienone is 2. The van der Waals surface area contributed by atoms with Crippen LogP contribution >= 0.6 is 0 Å². The molecule has 0 saturated carbocycles. The van der Waals surface area contributed by atoms with Gasteiger partial charge in [-0.25, -0.2) is 4.98 Å². The van der Waals surface area contributed by atoms with Crippen molar-refractivity contribution in [2.75, 3.05) is 11.9 Å². The van der Waals surface area contributed by atoms with E-state index in [0.29, 0.717) is 18.4 Å². The van der Waals surface area contributed by atoms with Crippen LogP contribution in [0.25, 0.3) is 5.57 Å². The van der Waals surface area contributed by atoms with Gasteiger partial charge in [0.2, 0.25) is 0 Å². The van der Waals surface area contributed by atoms with Gasteiger partial charge in [-0.3, -0.25) is 4.79 Å². The number of ether oxygens (including phenoxy) is 1. The van der Waals surface area contributed by atoms with Crippen LogP contribution in [0.3, 0.4) is 0 Å². The topological polar surface area (TPSA) is 90.8 Å². The summed E-state index contributed by atoms with van der Waals surface area (Å²) in [6.45, 7) is 14.3. The summed E-state index contributed by atoms with van der Waals surface area (Å²) in [7, 11) is 0. The van der Waals surface area contributed by atoms with Crippen molar-refractivity contribution < 1.29 is 9.53 Å². The van der Waals surface area contributed by atoms with Crippen molar-refractivity contribution in [1.82, 2.24) is 9.97 Å². The highest BCUT2D eigenvalue weighted by Crippen LogP contribution is 2.45. The molecule has 1 aromatic heterocycles. The summed E-state index contributed by atoms with van der Waals surface area (Å²) in [5.41, 5.74) is 4.63. The molecule has 2 heterocycles. The number of hydrogen-bond donors (Lipinski definition) is 2. The van der Waals surface area contributed by atoms with Gasteiger partial charge in [-0.2, -0.15) is 5.26 Å². The van der Waals surface area contributed by atoms with Gasteiger partial charge in [0.05, 0.1) is 18.4 Å². The Bertz CT molecular complexity index is 1250. The van der Waals surface area contributed by atoms with Crippen LogP contribution in [0.5, 0.6) is 0 Å².